The van der Waals surface area contributed by atoms with Gasteiger partial charge in [0.05, 0.1) is 12.7 Å². The first kappa shape index (κ1) is 13.5. The molecule has 5 nitrogen and oxygen atoms in total. The van der Waals surface area contributed by atoms with Crippen molar-refractivity contribution in [2.24, 2.45) is 0 Å². The summed E-state index contributed by atoms with van der Waals surface area (Å²) in [7, 11) is 0. The molecule has 0 amide bonds. The van der Waals surface area contributed by atoms with Crippen LogP contribution >= 0.6 is 0 Å². The molecule has 1 aromatic rings. The number of ether oxygens (including phenoxy) is 1. The number of β-amino-alcohol motifs (C(OH)–C–C–N with tert-alkyl or cyclic N) is 1. The van der Waals surface area contributed by atoms with E-state index in [1.807, 2.05) is 13.0 Å². The monoisotopic (exact) mass is 253 g/mol. The quantitative estimate of drug-likeness (QED) is 0.793. The van der Waals surface area contributed by atoms with Gasteiger partial charge >= 0.3 is 0 Å². The second-order valence-electron chi connectivity index (χ2n) is 4.92. The second-order valence-corrected chi connectivity index (χ2v) is 4.92. The van der Waals surface area contributed by atoms with Crippen LogP contribution in [0.2, 0.25) is 0 Å². The lowest BCUT2D eigenvalue weighted by molar-refractivity contribution is 0.0160. The van der Waals surface area contributed by atoms with E-state index in [1.165, 1.54) is 18.5 Å². The molecule has 1 fully saturated rings. The van der Waals surface area contributed by atoms with Gasteiger partial charge in [-0.25, -0.2) is 0 Å². The summed E-state index contributed by atoms with van der Waals surface area (Å²) >= 11 is 0. The molecule has 1 aromatic heterocycles. The number of aliphatic hydroxyl groups excluding tert-OH is 1. The van der Waals surface area contributed by atoms with Gasteiger partial charge in [0, 0.05) is 37.5 Å². The molecule has 0 saturated carbocycles. The second kappa shape index (κ2) is 6.87. The number of piperidine rings is 1. The molecule has 2 rings (SSSR count). The van der Waals surface area contributed by atoms with E-state index in [1.54, 1.807) is 6.20 Å². The molecular formula is C13H23N3O2. The predicted molar refractivity (Wildman–Crippen MR) is 69.5 cm³/mol. The fraction of sp³-hybridized carbons (Fsp3) is 0.769. The molecule has 0 aliphatic carbocycles. The van der Waals surface area contributed by atoms with E-state index in [0.717, 1.165) is 13.1 Å². The normalized spacial score (nSPS) is 23.1. The molecule has 5 heteroatoms. The van der Waals surface area contributed by atoms with Gasteiger partial charge < -0.3 is 14.7 Å². The molecule has 0 radical (unpaired) electrons. The number of hydrogen-bond donors (Lipinski definition) is 2. The number of H-pyrrole nitrogens is 1. The number of aromatic nitrogens is 2. The Morgan fingerprint density at radius 1 is 1.67 bits per heavy atom. The Morgan fingerprint density at radius 3 is 3.28 bits per heavy atom. The van der Waals surface area contributed by atoms with E-state index in [9.17, 15) is 5.11 Å². The summed E-state index contributed by atoms with van der Waals surface area (Å²) in [6.07, 6.45) is 3.79. The van der Waals surface area contributed by atoms with Crippen LogP contribution < -0.4 is 0 Å². The zero-order valence-electron chi connectivity index (χ0n) is 11.0. The van der Waals surface area contributed by atoms with Gasteiger partial charge in [-0.15, -0.1) is 0 Å². The van der Waals surface area contributed by atoms with Crippen LogP contribution in [0.1, 0.15) is 31.4 Å². The van der Waals surface area contributed by atoms with Crippen LogP contribution in [0.5, 0.6) is 0 Å². The first-order valence-corrected chi connectivity index (χ1v) is 6.77. The number of likely N-dealkylation sites (tertiary alicyclic amines) is 1. The standard InChI is InChI=1S/C13H23N3O2/c1-2-18-10-12(17)9-16-7-3-4-11(8-16)13-5-6-14-15-13/h5-6,11-12,17H,2-4,7-10H2,1H3,(H,14,15). The summed E-state index contributed by atoms with van der Waals surface area (Å²) < 4.78 is 5.24. The summed E-state index contributed by atoms with van der Waals surface area (Å²) in [5, 5.41) is 16.9. The minimum absolute atomic E-state index is 0.384. The molecule has 18 heavy (non-hydrogen) atoms. The Labute approximate surface area is 108 Å². The zero-order valence-corrected chi connectivity index (χ0v) is 11.0. The van der Waals surface area contributed by atoms with Crippen LogP contribution in [0.3, 0.4) is 0 Å². The van der Waals surface area contributed by atoms with Crippen molar-refractivity contribution in [1.82, 2.24) is 15.1 Å². The maximum atomic E-state index is 9.86. The summed E-state index contributed by atoms with van der Waals surface area (Å²) in [5.74, 6) is 0.514. The molecule has 2 atom stereocenters. The molecule has 102 valence electrons. The van der Waals surface area contributed by atoms with E-state index >= 15 is 0 Å². The lowest BCUT2D eigenvalue weighted by atomic mass is 9.95. The first-order valence-electron chi connectivity index (χ1n) is 6.77. The van der Waals surface area contributed by atoms with Gasteiger partial charge in [0.2, 0.25) is 0 Å². The van der Waals surface area contributed by atoms with Crippen LogP contribution in [0.25, 0.3) is 0 Å². The van der Waals surface area contributed by atoms with Gasteiger partial charge in [-0.1, -0.05) is 0 Å². The predicted octanol–water partition coefficient (Wildman–Crippen LogP) is 0.986. The van der Waals surface area contributed by atoms with E-state index in [4.69, 9.17) is 4.74 Å². The van der Waals surface area contributed by atoms with Gasteiger partial charge in [0.15, 0.2) is 0 Å². The third-order valence-electron chi connectivity index (χ3n) is 3.45. The molecule has 0 spiro atoms. The van der Waals surface area contributed by atoms with Crippen molar-refractivity contribution in [1.29, 1.82) is 0 Å². The highest BCUT2D eigenvalue weighted by molar-refractivity contribution is 5.07. The minimum atomic E-state index is -0.384. The highest BCUT2D eigenvalue weighted by atomic mass is 16.5. The van der Waals surface area contributed by atoms with Crippen molar-refractivity contribution in [3.05, 3.63) is 18.0 Å². The van der Waals surface area contributed by atoms with Crippen molar-refractivity contribution >= 4 is 0 Å². The number of aliphatic hydroxyl groups is 1. The summed E-state index contributed by atoms with van der Waals surface area (Å²) in [4.78, 5) is 2.32. The number of hydrogen-bond acceptors (Lipinski definition) is 4. The van der Waals surface area contributed by atoms with Crippen molar-refractivity contribution in [3.63, 3.8) is 0 Å². The van der Waals surface area contributed by atoms with Crippen LogP contribution in [0.4, 0.5) is 0 Å². The van der Waals surface area contributed by atoms with Gasteiger partial charge in [0.25, 0.3) is 0 Å². The summed E-state index contributed by atoms with van der Waals surface area (Å²) in [6.45, 7) is 5.79. The molecule has 2 N–H and O–H groups in total. The lowest BCUT2D eigenvalue weighted by Gasteiger charge is -2.33. The van der Waals surface area contributed by atoms with Gasteiger partial charge in [-0.05, 0) is 32.4 Å². The Bertz CT molecular complexity index is 329. The third-order valence-corrected chi connectivity index (χ3v) is 3.45. The molecule has 1 aliphatic rings. The lowest BCUT2D eigenvalue weighted by Crippen LogP contribution is -2.40. The van der Waals surface area contributed by atoms with Gasteiger partial charge in [0.1, 0.15) is 0 Å². The molecule has 2 unspecified atom stereocenters. The highest BCUT2D eigenvalue weighted by Gasteiger charge is 2.23. The van der Waals surface area contributed by atoms with Crippen molar-refractivity contribution in [2.45, 2.75) is 31.8 Å². The van der Waals surface area contributed by atoms with Crippen molar-refractivity contribution < 1.29 is 9.84 Å². The van der Waals surface area contributed by atoms with Crippen LogP contribution in [-0.2, 0) is 4.74 Å². The van der Waals surface area contributed by atoms with Crippen LogP contribution in [0.15, 0.2) is 12.3 Å². The topological polar surface area (TPSA) is 61.4 Å². The SMILES string of the molecule is CCOCC(O)CN1CCCC(c2ccn[nH]2)C1. The largest absolute Gasteiger partial charge is 0.389 e. The highest BCUT2D eigenvalue weighted by Crippen LogP contribution is 2.25. The average molecular weight is 253 g/mol. The van der Waals surface area contributed by atoms with Gasteiger partial charge in [-0.3, -0.25) is 5.10 Å². The van der Waals surface area contributed by atoms with Crippen LogP contribution in [-0.4, -0.2) is 59.2 Å². The molecule has 1 aliphatic heterocycles. The Morgan fingerprint density at radius 2 is 2.56 bits per heavy atom. The minimum Gasteiger partial charge on any atom is -0.389 e. The zero-order chi connectivity index (χ0) is 12.8. The maximum absolute atomic E-state index is 9.86. The van der Waals surface area contributed by atoms with E-state index < -0.39 is 0 Å². The Kier molecular flexibility index (Phi) is 5.16. The fourth-order valence-corrected chi connectivity index (χ4v) is 2.57. The van der Waals surface area contributed by atoms with E-state index in [-0.39, 0.29) is 6.10 Å². The summed E-state index contributed by atoms with van der Waals surface area (Å²) in [5.41, 5.74) is 1.21. The molecule has 1 saturated heterocycles. The molecule has 0 bridgehead atoms. The van der Waals surface area contributed by atoms with E-state index in [0.29, 0.717) is 25.7 Å². The first-order chi connectivity index (χ1) is 8.79. The number of nitrogens with zero attached hydrogens (tertiary/aromatic N) is 2. The van der Waals surface area contributed by atoms with Crippen molar-refractivity contribution in [2.75, 3.05) is 32.8 Å². The maximum Gasteiger partial charge on any atom is 0.0900 e. The smallest absolute Gasteiger partial charge is 0.0900 e. The van der Waals surface area contributed by atoms with E-state index in [2.05, 4.69) is 15.1 Å². The van der Waals surface area contributed by atoms with Crippen LogP contribution in [0, 0.1) is 0 Å². The number of nitrogens with one attached hydrogen (secondary N) is 1. The third kappa shape index (κ3) is 3.80. The molecule has 0 aromatic carbocycles. The van der Waals surface area contributed by atoms with Crippen molar-refractivity contribution in [3.8, 4) is 0 Å². The van der Waals surface area contributed by atoms with Gasteiger partial charge in [-0.2, -0.15) is 5.10 Å². The number of rotatable bonds is 6. The Balaban J connectivity index is 1.80. The number of aromatic amines is 1. The summed E-state index contributed by atoms with van der Waals surface area (Å²) in [6, 6.07) is 2.05. The molecular weight excluding hydrogens is 230 g/mol. The fourth-order valence-electron chi connectivity index (χ4n) is 2.57. The molecule has 2 heterocycles. The average Bonchev–Trinajstić information content (AvgIpc) is 2.90. The Hall–Kier alpha value is -0.910.